The first-order valence-corrected chi connectivity index (χ1v) is 15.2. The van der Waals surface area contributed by atoms with Crippen LogP contribution in [0.4, 0.5) is 0 Å². The molecule has 2 fully saturated rings. The third-order valence-corrected chi connectivity index (χ3v) is 10.3. The summed E-state index contributed by atoms with van der Waals surface area (Å²) >= 11 is 0. The number of benzene rings is 1. The summed E-state index contributed by atoms with van der Waals surface area (Å²) < 4.78 is 22.4. The van der Waals surface area contributed by atoms with E-state index in [4.69, 9.17) is 18.9 Å². The summed E-state index contributed by atoms with van der Waals surface area (Å²) in [6, 6.07) is 7.47. The van der Waals surface area contributed by atoms with Gasteiger partial charge in [0.15, 0.2) is 11.9 Å². The molecule has 0 saturated heterocycles. The van der Waals surface area contributed by atoms with Gasteiger partial charge in [0, 0.05) is 39.0 Å². The molecule has 2 saturated carbocycles. The van der Waals surface area contributed by atoms with Crippen LogP contribution in [0.5, 0.6) is 0 Å². The normalized spacial score (nSPS) is 37.0. The molecule has 3 aliphatic carbocycles. The van der Waals surface area contributed by atoms with Crippen molar-refractivity contribution in [3.05, 3.63) is 47.0 Å². The first-order valence-electron chi connectivity index (χ1n) is 15.2. The molecular weight excluding hydrogens is 620 g/mol. The molecule has 4 rings (SSSR count). The summed E-state index contributed by atoms with van der Waals surface area (Å²) in [5.41, 5.74) is -9.36. The number of ketones is 1. The Morgan fingerprint density at radius 2 is 1.49 bits per heavy atom. The van der Waals surface area contributed by atoms with E-state index in [9.17, 15) is 49.5 Å². The van der Waals surface area contributed by atoms with Crippen LogP contribution in [0.25, 0.3) is 0 Å². The van der Waals surface area contributed by atoms with Crippen LogP contribution in [0.1, 0.15) is 71.7 Å². The number of esters is 4. The monoisotopic (exact) mass is 662 g/mol. The summed E-state index contributed by atoms with van der Waals surface area (Å²) in [7, 11) is 0. The summed E-state index contributed by atoms with van der Waals surface area (Å²) in [6.07, 6.45) is -13.4. The van der Waals surface area contributed by atoms with Crippen molar-refractivity contribution < 1.29 is 68.5 Å². The van der Waals surface area contributed by atoms with Crippen molar-refractivity contribution in [2.45, 2.75) is 109 Å². The maximum Gasteiger partial charge on any atom is 0.338 e. The molecule has 258 valence electrons. The van der Waals surface area contributed by atoms with Gasteiger partial charge in [-0.15, -0.1) is 0 Å². The molecular formula is C33H42O14. The molecule has 14 nitrogen and oxygen atoms in total. The zero-order valence-electron chi connectivity index (χ0n) is 27.3. The Bertz CT molecular complexity index is 1480. The van der Waals surface area contributed by atoms with Crippen molar-refractivity contribution in [3.63, 3.8) is 0 Å². The van der Waals surface area contributed by atoms with Gasteiger partial charge in [0.05, 0.1) is 29.1 Å². The van der Waals surface area contributed by atoms with Crippen LogP contribution >= 0.6 is 0 Å². The van der Waals surface area contributed by atoms with E-state index >= 15 is 0 Å². The molecule has 1 aromatic rings. The van der Waals surface area contributed by atoms with E-state index in [-0.39, 0.29) is 16.7 Å². The Labute approximate surface area is 271 Å². The minimum Gasteiger partial charge on any atom is -0.455 e. The lowest BCUT2D eigenvalue weighted by atomic mass is 9.45. The van der Waals surface area contributed by atoms with Gasteiger partial charge in [0.2, 0.25) is 11.9 Å². The molecule has 2 bridgehead atoms. The predicted molar refractivity (Wildman–Crippen MR) is 159 cm³/mol. The maximum atomic E-state index is 15.0. The second-order valence-corrected chi connectivity index (χ2v) is 13.3. The fourth-order valence-corrected chi connectivity index (χ4v) is 7.90. The summed E-state index contributed by atoms with van der Waals surface area (Å²) in [5.74, 6) is -7.44. The number of hydrogen-bond acceptors (Lipinski definition) is 14. The van der Waals surface area contributed by atoms with Crippen molar-refractivity contribution >= 4 is 29.7 Å². The van der Waals surface area contributed by atoms with Crippen LogP contribution in [0, 0.1) is 16.7 Å². The average Bonchev–Trinajstić information content (AvgIpc) is 2.96. The van der Waals surface area contributed by atoms with E-state index in [0.717, 1.165) is 20.8 Å². The van der Waals surface area contributed by atoms with E-state index in [0.29, 0.717) is 0 Å². The second kappa shape index (κ2) is 12.4. The Kier molecular flexibility index (Phi) is 9.54. The van der Waals surface area contributed by atoms with Gasteiger partial charge in [-0.1, -0.05) is 32.0 Å². The predicted octanol–water partition coefficient (Wildman–Crippen LogP) is 0.496. The van der Waals surface area contributed by atoms with Gasteiger partial charge < -0.3 is 44.5 Å². The number of carbonyl (C=O) groups excluding carboxylic acids is 5. The number of aliphatic hydroxyl groups excluding tert-OH is 4. The van der Waals surface area contributed by atoms with Crippen molar-refractivity contribution in [1.82, 2.24) is 0 Å². The van der Waals surface area contributed by atoms with Gasteiger partial charge in [-0.25, -0.2) is 4.79 Å². The molecule has 0 amide bonds. The third-order valence-electron chi connectivity index (χ3n) is 10.3. The van der Waals surface area contributed by atoms with Crippen LogP contribution in [0.3, 0.4) is 0 Å². The fourth-order valence-electron chi connectivity index (χ4n) is 7.90. The number of fused-ring (bicyclic) bond motifs is 3. The smallest absolute Gasteiger partial charge is 0.338 e. The molecule has 0 spiro atoms. The van der Waals surface area contributed by atoms with Crippen LogP contribution < -0.4 is 0 Å². The molecule has 0 aromatic heterocycles. The Hall–Kier alpha value is -3.69. The number of carbonyl (C=O) groups is 5. The van der Waals surface area contributed by atoms with Gasteiger partial charge in [0.25, 0.3) is 0 Å². The van der Waals surface area contributed by atoms with Gasteiger partial charge in [0.1, 0.15) is 17.8 Å². The summed E-state index contributed by atoms with van der Waals surface area (Å²) in [4.78, 5) is 66.3. The first-order chi connectivity index (χ1) is 21.7. The zero-order valence-corrected chi connectivity index (χ0v) is 27.3. The highest BCUT2D eigenvalue weighted by Crippen LogP contribution is 2.63. The highest BCUT2D eigenvalue weighted by Gasteiger charge is 2.78. The first kappa shape index (κ1) is 36.2. The number of Topliss-reactive ketones (excluding diaryl/α,β-unsaturated/α-hetero) is 1. The minimum atomic E-state index is -2.89. The van der Waals surface area contributed by atoms with Crippen LogP contribution in [-0.2, 0) is 38.1 Å². The summed E-state index contributed by atoms with van der Waals surface area (Å²) in [6.45, 7) is 8.40. The third kappa shape index (κ3) is 5.55. The molecule has 0 radical (unpaired) electrons. The standard InChI is InChI=1S/C33H42O14/c1-15-20(37)14-32(43)27(46-28(41)19-11-9-8-10-12-19)25-31(7,26(40)24(44-16(2)34)23(15)30(32,5)6)21(38)13-22(39)33(25,47-18(4)36)29(42)45-17(3)35/h8-12,20-22,24-25,27,29,37-39,42-43H,13-14H2,1-7H3/t20-,21-,22-,24+,25-,27-,29?,31+,32+,33-/m0/s1. The Morgan fingerprint density at radius 3 is 2.02 bits per heavy atom. The lowest BCUT2D eigenvalue weighted by Gasteiger charge is -2.64. The topological polar surface area (TPSA) is 223 Å². The lowest BCUT2D eigenvalue weighted by Crippen LogP contribution is -2.80. The van der Waals surface area contributed by atoms with E-state index in [1.807, 2.05) is 0 Å². The molecule has 1 aromatic carbocycles. The van der Waals surface area contributed by atoms with Gasteiger partial charge in [-0.05, 0) is 37.1 Å². The molecule has 5 N–H and O–H groups in total. The van der Waals surface area contributed by atoms with Gasteiger partial charge in [-0.2, -0.15) is 0 Å². The maximum absolute atomic E-state index is 15.0. The van der Waals surface area contributed by atoms with Crippen molar-refractivity contribution in [2.75, 3.05) is 0 Å². The van der Waals surface area contributed by atoms with Crippen LogP contribution in [0.15, 0.2) is 41.5 Å². The second-order valence-electron chi connectivity index (χ2n) is 13.3. The fraction of sp³-hybridized carbons (Fsp3) is 0.606. The van der Waals surface area contributed by atoms with Crippen molar-refractivity contribution in [2.24, 2.45) is 16.7 Å². The number of rotatable bonds is 6. The highest BCUT2D eigenvalue weighted by molar-refractivity contribution is 5.95. The molecule has 47 heavy (non-hydrogen) atoms. The largest absolute Gasteiger partial charge is 0.455 e. The van der Waals surface area contributed by atoms with E-state index in [2.05, 4.69) is 0 Å². The molecule has 10 atom stereocenters. The molecule has 0 aliphatic heterocycles. The quantitative estimate of drug-likeness (QED) is 0.121. The van der Waals surface area contributed by atoms with Crippen LogP contribution in [-0.4, -0.2) is 103 Å². The van der Waals surface area contributed by atoms with Crippen molar-refractivity contribution in [1.29, 1.82) is 0 Å². The summed E-state index contributed by atoms with van der Waals surface area (Å²) in [5, 5.41) is 59.3. The van der Waals surface area contributed by atoms with Gasteiger partial charge >= 0.3 is 23.9 Å². The molecule has 14 heteroatoms. The number of ether oxygens (including phenoxy) is 4. The Morgan fingerprint density at radius 1 is 0.894 bits per heavy atom. The highest BCUT2D eigenvalue weighted by atomic mass is 16.7. The molecule has 1 unspecified atom stereocenters. The lowest BCUT2D eigenvalue weighted by molar-refractivity contribution is -0.330. The van der Waals surface area contributed by atoms with E-state index < -0.39 is 107 Å². The molecule has 3 aliphatic rings. The zero-order chi connectivity index (χ0) is 35.4. The number of hydrogen-bond donors (Lipinski definition) is 5. The number of aliphatic hydroxyl groups is 5. The Balaban J connectivity index is 2.20. The van der Waals surface area contributed by atoms with Crippen molar-refractivity contribution in [3.8, 4) is 0 Å². The SMILES string of the molecule is CC(=O)OC(O)[C@]1(OC(C)=O)[C@@H](O)C[C@H](O)[C@@]2(C)C(=O)[C@H](OC(C)=O)C3=C(C)[C@@H](O)C[C@@](O)([C@@H](OC(=O)c4ccccc4)[C@@H]21)C3(C)C. The van der Waals surface area contributed by atoms with Crippen LogP contribution in [0.2, 0.25) is 0 Å². The average molecular weight is 663 g/mol. The van der Waals surface area contributed by atoms with Gasteiger partial charge in [-0.3, -0.25) is 19.2 Å². The van der Waals surface area contributed by atoms with E-state index in [1.54, 1.807) is 6.07 Å². The molecule has 0 heterocycles. The van der Waals surface area contributed by atoms with E-state index in [1.165, 1.54) is 52.0 Å². The minimum absolute atomic E-state index is 0.0272.